The van der Waals surface area contributed by atoms with E-state index in [2.05, 4.69) is 31.2 Å². The second-order valence-corrected chi connectivity index (χ2v) is 7.59. The molecule has 9 nitrogen and oxygen atoms in total. The summed E-state index contributed by atoms with van der Waals surface area (Å²) in [5, 5.41) is 12.7. The summed E-state index contributed by atoms with van der Waals surface area (Å²) in [4.78, 5) is 8.69. The third-order valence-corrected chi connectivity index (χ3v) is 4.81. The molecule has 4 N–H and O–H groups in total. The van der Waals surface area contributed by atoms with Gasteiger partial charge in [0.15, 0.2) is 0 Å². The molecule has 1 aromatic heterocycles. The van der Waals surface area contributed by atoms with E-state index in [9.17, 15) is 0 Å². The largest absolute Gasteiger partial charge is 0.489 e. The van der Waals surface area contributed by atoms with Gasteiger partial charge in [-0.05, 0) is 24.3 Å². The van der Waals surface area contributed by atoms with E-state index in [0.29, 0.717) is 63.5 Å². The van der Waals surface area contributed by atoms with Crippen LogP contribution in [0, 0.1) is 0 Å². The minimum absolute atomic E-state index is 0.0156. The number of nitrogens with one attached hydrogen (secondary N) is 1. The molecule has 172 valence electrons. The van der Waals surface area contributed by atoms with Crippen LogP contribution < -0.4 is 15.8 Å². The lowest BCUT2D eigenvalue weighted by Crippen LogP contribution is -2.13. The normalized spacial score (nSPS) is 11.1. The maximum atomic E-state index is 8.60. The lowest BCUT2D eigenvalue weighted by atomic mass is 10.2. The van der Waals surface area contributed by atoms with Crippen molar-refractivity contribution in [2.24, 2.45) is 0 Å². The predicted molar refractivity (Wildman–Crippen MR) is 126 cm³/mol. The van der Waals surface area contributed by atoms with Crippen molar-refractivity contribution in [3.8, 4) is 5.75 Å². The quantitative estimate of drug-likeness (QED) is 0.223. The summed E-state index contributed by atoms with van der Waals surface area (Å²) in [5.41, 5.74) is 8.32. The molecule has 0 amide bonds. The Bertz CT molecular complexity index is 992. The van der Waals surface area contributed by atoms with Crippen molar-refractivity contribution in [1.29, 1.82) is 0 Å². The van der Waals surface area contributed by atoms with E-state index < -0.39 is 0 Å². The topological polar surface area (TPSA) is 121 Å². The van der Waals surface area contributed by atoms with Gasteiger partial charge in [0, 0.05) is 21.6 Å². The van der Waals surface area contributed by atoms with E-state index in [1.54, 1.807) is 12.1 Å². The number of aliphatic hydroxyl groups excluding tert-OH is 1. The monoisotopic (exact) mass is 506 g/mol. The van der Waals surface area contributed by atoms with Crippen LogP contribution in [0.2, 0.25) is 0 Å². The van der Waals surface area contributed by atoms with Crippen molar-refractivity contribution in [3.63, 3.8) is 0 Å². The second kappa shape index (κ2) is 13.1. The number of nitrogens with zero attached hydrogens (tertiary/aromatic N) is 2. The third-order valence-electron chi connectivity index (χ3n) is 4.32. The van der Waals surface area contributed by atoms with E-state index in [4.69, 9.17) is 29.8 Å². The first-order valence-corrected chi connectivity index (χ1v) is 11.0. The summed E-state index contributed by atoms with van der Waals surface area (Å²) in [6.45, 7) is 2.93. The van der Waals surface area contributed by atoms with Crippen LogP contribution in [0.3, 0.4) is 0 Å². The van der Waals surface area contributed by atoms with Gasteiger partial charge in [-0.1, -0.05) is 22.0 Å². The fourth-order valence-electron chi connectivity index (χ4n) is 2.85. The van der Waals surface area contributed by atoms with Crippen LogP contribution in [0.15, 0.2) is 47.2 Å². The van der Waals surface area contributed by atoms with E-state index in [-0.39, 0.29) is 6.61 Å². The molecule has 0 bridgehead atoms. The lowest BCUT2D eigenvalue weighted by molar-refractivity contribution is 0.00364. The zero-order valence-corrected chi connectivity index (χ0v) is 19.2. The number of hydrogen-bond acceptors (Lipinski definition) is 9. The molecule has 0 aliphatic carbocycles. The molecule has 0 unspecified atom stereocenters. The van der Waals surface area contributed by atoms with Gasteiger partial charge >= 0.3 is 0 Å². The van der Waals surface area contributed by atoms with Gasteiger partial charge < -0.3 is 35.1 Å². The Morgan fingerprint density at radius 3 is 2.34 bits per heavy atom. The summed E-state index contributed by atoms with van der Waals surface area (Å²) in [6, 6.07) is 11.4. The van der Waals surface area contributed by atoms with Crippen LogP contribution in [0.4, 0.5) is 17.2 Å². The molecule has 0 saturated carbocycles. The molecule has 0 saturated heterocycles. The highest BCUT2D eigenvalue weighted by atomic mass is 79.9. The lowest BCUT2D eigenvalue weighted by Gasteiger charge is -2.13. The fourth-order valence-corrected chi connectivity index (χ4v) is 3.24. The molecule has 0 atom stereocenters. The average molecular weight is 507 g/mol. The Labute approximate surface area is 195 Å². The third kappa shape index (κ3) is 7.57. The Balaban J connectivity index is 1.47. The maximum Gasteiger partial charge on any atom is 0.144 e. The van der Waals surface area contributed by atoms with Gasteiger partial charge in [0.1, 0.15) is 24.5 Å². The number of halogens is 1. The van der Waals surface area contributed by atoms with Gasteiger partial charge in [-0.25, -0.2) is 9.97 Å². The van der Waals surface area contributed by atoms with Crippen LogP contribution >= 0.6 is 15.9 Å². The van der Waals surface area contributed by atoms with Gasteiger partial charge in [-0.2, -0.15) is 0 Å². The molecule has 1 heterocycles. The molecule has 0 spiro atoms. The first-order chi connectivity index (χ1) is 15.7. The first-order valence-electron chi connectivity index (χ1n) is 10.2. The summed E-state index contributed by atoms with van der Waals surface area (Å²) >= 11 is 3.47. The number of rotatable bonds is 14. The van der Waals surface area contributed by atoms with Crippen molar-refractivity contribution >= 4 is 44.0 Å². The Morgan fingerprint density at radius 2 is 1.62 bits per heavy atom. The number of aromatic nitrogens is 2. The van der Waals surface area contributed by atoms with Gasteiger partial charge in [-0.3, -0.25) is 0 Å². The van der Waals surface area contributed by atoms with Crippen molar-refractivity contribution in [2.45, 2.75) is 0 Å². The number of ether oxygens (including phenoxy) is 4. The molecule has 3 rings (SSSR count). The molecular formula is C22H27BrN4O5. The summed E-state index contributed by atoms with van der Waals surface area (Å²) in [7, 11) is 0. The maximum absolute atomic E-state index is 8.60. The molecule has 0 aliphatic rings. The number of aliphatic hydroxyl groups is 1. The molecule has 0 fully saturated rings. The molecule has 0 aliphatic heterocycles. The van der Waals surface area contributed by atoms with E-state index in [0.717, 1.165) is 21.1 Å². The number of anilines is 3. The Hall–Kier alpha value is -2.50. The number of fused-ring (bicyclic) bond motifs is 1. The van der Waals surface area contributed by atoms with E-state index in [1.807, 2.05) is 24.3 Å². The van der Waals surface area contributed by atoms with Crippen LogP contribution in [0.1, 0.15) is 0 Å². The number of hydrogen-bond donors (Lipinski definition) is 3. The van der Waals surface area contributed by atoms with Crippen LogP contribution in [0.25, 0.3) is 10.9 Å². The zero-order chi connectivity index (χ0) is 22.6. The average Bonchev–Trinajstić information content (AvgIpc) is 2.78. The number of nitrogens with two attached hydrogens (primary N) is 1. The van der Waals surface area contributed by atoms with Gasteiger partial charge in [0.05, 0.1) is 57.5 Å². The zero-order valence-electron chi connectivity index (χ0n) is 17.6. The fraction of sp³-hybridized carbons (Fsp3) is 0.364. The molecule has 0 radical (unpaired) electrons. The van der Waals surface area contributed by atoms with Gasteiger partial charge in [-0.15, -0.1) is 0 Å². The molecule has 2 aromatic carbocycles. The van der Waals surface area contributed by atoms with Gasteiger partial charge in [0.25, 0.3) is 0 Å². The van der Waals surface area contributed by atoms with Crippen molar-refractivity contribution in [3.05, 3.63) is 47.2 Å². The smallest absolute Gasteiger partial charge is 0.144 e. The summed E-state index contributed by atoms with van der Waals surface area (Å²) in [5.74, 6) is 1.21. The van der Waals surface area contributed by atoms with E-state index >= 15 is 0 Å². The molecule has 32 heavy (non-hydrogen) atoms. The van der Waals surface area contributed by atoms with Crippen LogP contribution in [-0.2, 0) is 14.2 Å². The Morgan fingerprint density at radius 1 is 0.906 bits per heavy atom. The molecule has 10 heteroatoms. The predicted octanol–water partition coefficient (Wildman–Crippen LogP) is 3.14. The second-order valence-electron chi connectivity index (χ2n) is 6.67. The van der Waals surface area contributed by atoms with Gasteiger partial charge in [0.2, 0.25) is 0 Å². The van der Waals surface area contributed by atoms with Crippen molar-refractivity contribution in [2.75, 3.05) is 63.9 Å². The van der Waals surface area contributed by atoms with Crippen LogP contribution in [0.5, 0.6) is 5.75 Å². The highest BCUT2D eigenvalue weighted by molar-refractivity contribution is 9.10. The molecule has 3 aromatic rings. The number of nitrogen functional groups attached to an aromatic ring is 1. The highest BCUT2D eigenvalue weighted by Crippen LogP contribution is 2.31. The van der Waals surface area contributed by atoms with Crippen LogP contribution in [-0.4, -0.2) is 67.9 Å². The molecular weight excluding hydrogens is 480 g/mol. The minimum atomic E-state index is 0.0156. The minimum Gasteiger partial charge on any atom is -0.489 e. The van der Waals surface area contributed by atoms with Crippen molar-refractivity contribution in [1.82, 2.24) is 9.97 Å². The summed E-state index contributed by atoms with van der Waals surface area (Å²) in [6.07, 6.45) is 1.50. The first kappa shape index (κ1) is 24.1. The van der Waals surface area contributed by atoms with E-state index in [1.165, 1.54) is 6.33 Å². The van der Waals surface area contributed by atoms with Crippen molar-refractivity contribution < 1.29 is 24.1 Å². The highest BCUT2D eigenvalue weighted by Gasteiger charge is 2.10. The Kier molecular flexibility index (Phi) is 9.92. The standard InChI is InChI=1S/C22H27BrN4O5/c23-16-2-1-3-17(12-16)27-22-18-13-19(24)21(14-20(18)25-15-26-22)32-11-10-31-9-8-30-7-6-29-5-4-28/h1-3,12-15,28H,4-11,24H2,(H,25,26,27). The number of benzene rings is 2. The SMILES string of the molecule is Nc1cc2c(Nc3cccc(Br)c3)ncnc2cc1OCCOCCOCCOCCO. The summed E-state index contributed by atoms with van der Waals surface area (Å²) < 4.78 is 22.7.